The Balaban J connectivity index is 1.38. The monoisotopic (exact) mass is 491 g/mol. The van der Waals surface area contributed by atoms with E-state index < -0.39 is 11.3 Å². The summed E-state index contributed by atoms with van der Waals surface area (Å²) in [5, 5.41) is 6.41. The highest BCUT2D eigenvalue weighted by atomic mass is 32.2. The van der Waals surface area contributed by atoms with E-state index in [0.717, 1.165) is 47.6 Å². The van der Waals surface area contributed by atoms with Crippen molar-refractivity contribution in [3.8, 4) is 0 Å². The van der Waals surface area contributed by atoms with Crippen LogP contribution in [-0.2, 0) is 16.0 Å². The first kappa shape index (κ1) is 23.4. The first-order chi connectivity index (χ1) is 17.0. The number of aromatic nitrogens is 1. The predicted octanol–water partition coefficient (Wildman–Crippen LogP) is 3.70. The summed E-state index contributed by atoms with van der Waals surface area (Å²) in [6, 6.07) is 9.01. The first-order valence-electron chi connectivity index (χ1n) is 12.1. The first-order valence-corrected chi connectivity index (χ1v) is 12.9. The van der Waals surface area contributed by atoms with Crippen LogP contribution in [0.15, 0.2) is 54.2 Å². The number of benzene rings is 1. The molecule has 8 nitrogen and oxygen atoms in total. The van der Waals surface area contributed by atoms with Crippen molar-refractivity contribution in [3.63, 3.8) is 0 Å². The van der Waals surface area contributed by atoms with Crippen LogP contribution in [0, 0.1) is 0 Å². The molecule has 0 aliphatic carbocycles. The molecule has 1 fully saturated rings. The molecule has 0 saturated carbocycles. The summed E-state index contributed by atoms with van der Waals surface area (Å²) < 4.78 is 0. The van der Waals surface area contributed by atoms with Gasteiger partial charge in [-0.05, 0) is 49.1 Å². The van der Waals surface area contributed by atoms with Gasteiger partial charge in [0.2, 0.25) is 11.8 Å². The summed E-state index contributed by atoms with van der Waals surface area (Å²) in [7, 11) is 0. The van der Waals surface area contributed by atoms with Gasteiger partial charge >= 0.3 is 6.03 Å². The number of nitrogens with zero attached hydrogens (tertiary/aromatic N) is 3. The summed E-state index contributed by atoms with van der Waals surface area (Å²) in [5.41, 5.74) is 3.62. The molecule has 1 saturated heterocycles. The number of aryl methyl sites for hydroxylation is 1. The molecule has 9 heteroatoms. The zero-order valence-corrected chi connectivity index (χ0v) is 20.5. The largest absolute Gasteiger partial charge is 0.351 e. The molecule has 3 atom stereocenters. The topological polar surface area (TPSA) is 94.6 Å². The lowest BCUT2D eigenvalue weighted by Gasteiger charge is -2.35. The number of likely N-dealkylation sites (tertiary alicyclic amines) is 1. The van der Waals surface area contributed by atoms with E-state index in [0.29, 0.717) is 13.1 Å². The molecule has 4 heterocycles. The van der Waals surface area contributed by atoms with Crippen LogP contribution in [0.4, 0.5) is 16.2 Å². The number of amides is 4. The molecule has 3 aliphatic heterocycles. The van der Waals surface area contributed by atoms with Crippen LogP contribution in [0.25, 0.3) is 0 Å². The highest BCUT2D eigenvalue weighted by molar-refractivity contribution is 8.01. The van der Waals surface area contributed by atoms with Gasteiger partial charge < -0.3 is 15.5 Å². The van der Waals surface area contributed by atoms with Crippen LogP contribution in [-0.4, -0.2) is 52.1 Å². The molecule has 2 unspecified atom stereocenters. The Morgan fingerprint density at radius 2 is 2.20 bits per heavy atom. The van der Waals surface area contributed by atoms with E-state index in [2.05, 4.69) is 35.2 Å². The molecule has 4 amide bonds. The van der Waals surface area contributed by atoms with Gasteiger partial charge in [0, 0.05) is 30.9 Å². The van der Waals surface area contributed by atoms with Crippen LogP contribution in [0.3, 0.4) is 0 Å². The number of urea groups is 1. The van der Waals surface area contributed by atoms with Crippen LogP contribution >= 0.6 is 11.8 Å². The number of hydrogen-bond donors (Lipinski definition) is 2. The van der Waals surface area contributed by atoms with E-state index in [9.17, 15) is 14.4 Å². The number of carbonyl (C=O) groups excluding carboxylic acids is 3. The number of nitrogens with one attached hydrogen (secondary N) is 2. The average Bonchev–Trinajstić information content (AvgIpc) is 3.24. The van der Waals surface area contributed by atoms with Gasteiger partial charge in [-0.25, -0.2) is 9.78 Å². The highest BCUT2D eigenvalue weighted by Crippen LogP contribution is 2.50. The van der Waals surface area contributed by atoms with Gasteiger partial charge in [-0.3, -0.25) is 14.5 Å². The van der Waals surface area contributed by atoms with Crippen LogP contribution < -0.4 is 15.5 Å². The Bertz CT molecular complexity index is 1190. The van der Waals surface area contributed by atoms with Gasteiger partial charge in [-0.15, -0.1) is 0 Å². The van der Waals surface area contributed by atoms with E-state index in [1.165, 1.54) is 23.4 Å². The number of pyridine rings is 1. The van der Waals surface area contributed by atoms with Crippen molar-refractivity contribution in [2.45, 2.75) is 55.0 Å². The molecule has 5 rings (SSSR count). The lowest BCUT2D eigenvalue weighted by Crippen LogP contribution is -2.53. The zero-order chi connectivity index (χ0) is 24.5. The normalized spacial score (nSPS) is 22.9. The Kier molecular flexibility index (Phi) is 6.51. The second-order valence-electron chi connectivity index (χ2n) is 9.11. The maximum absolute atomic E-state index is 13.4. The smallest absolute Gasteiger partial charge is 0.327 e. The molecule has 1 aromatic carbocycles. The molecular weight excluding hydrogens is 462 g/mol. The molecule has 2 aromatic rings. The van der Waals surface area contributed by atoms with Crippen molar-refractivity contribution >= 4 is 41.0 Å². The van der Waals surface area contributed by atoms with Crippen LogP contribution in [0.5, 0.6) is 0 Å². The number of carbonyl (C=O) groups is 3. The van der Waals surface area contributed by atoms with Gasteiger partial charge in [-0.2, -0.15) is 0 Å². The Morgan fingerprint density at radius 3 is 3.00 bits per heavy atom. The Hall–Kier alpha value is -3.33. The minimum Gasteiger partial charge on any atom is -0.351 e. The van der Waals surface area contributed by atoms with Crippen LogP contribution in [0.2, 0.25) is 0 Å². The Labute approximate surface area is 209 Å². The van der Waals surface area contributed by atoms with E-state index in [1.54, 1.807) is 16.0 Å². The van der Waals surface area contributed by atoms with Crippen molar-refractivity contribution in [2.24, 2.45) is 0 Å². The van der Waals surface area contributed by atoms with Gasteiger partial charge in [0.05, 0.1) is 17.4 Å². The molecular formula is C26H29N5O3S. The van der Waals surface area contributed by atoms with Gasteiger partial charge in [0.1, 0.15) is 10.3 Å². The molecule has 182 valence electrons. The lowest BCUT2D eigenvalue weighted by atomic mass is 9.98. The molecule has 35 heavy (non-hydrogen) atoms. The van der Waals surface area contributed by atoms with Gasteiger partial charge in [0.25, 0.3) is 0 Å². The van der Waals surface area contributed by atoms with E-state index in [1.807, 2.05) is 24.3 Å². The molecule has 1 aromatic heterocycles. The van der Waals surface area contributed by atoms with Crippen molar-refractivity contribution in [1.29, 1.82) is 0 Å². The number of hydrogen-bond acceptors (Lipinski definition) is 5. The second kappa shape index (κ2) is 9.73. The minimum atomic E-state index is -0.526. The predicted molar refractivity (Wildman–Crippen MR) is 136 cm³/mol. The SMILES string of the molecule is C=CC(=O)N1CCCC(NC(=O)[C@@H]2Sc3nccc4c3C2NC(=O)N4c2cccc(CCC)c2)C1. The maximum Gasteiger partial charge on any atom is 0.327 e. The summed E-state index contributed by atoms with van der Waals surface area (Å²) in [5.74, 6) is -0.274. The fraction of sp³-hybridized carbons (Fsp3) is 0.385. The maximum atomic E-state index is 13.4. The molecule has 0 radical (unpaired) electrons. The number of piperidine rings is 1. The lowest BCUT2D eigenvalue weighted by molar-refractivity contribution is -0.129. The average molecular weight is 492 g/mol. The van der Waals surface area contributed by atoms with E-state index in [4.69, 9.17) is 0 Å². The third-order valence-corrected chi connectivity index (χ3v) is 8.01. The third-order valence-electron chi connectivity index (χ3n) is 6.73. The fourth-order valence-corrected chi connectivity index (χ4v) is 6.36. The molecule has 0 bridgehead atoms. The van der Waals surface area contributed by atoms with Crippen molar-refractivity contribution in [3.05, 3.63) is 60.3 Å². The standard InChI is InChI=1S/C26H29N5O3S/c1-3-7-16-8-5-10-18(14-16)31-19-11-12-27-25-21(19)22(29-26(31)34)23(35-25)24(33)28-17-9-6-13-30(15-17)20(32)4-2/h4-5,8,10-12,14,17,22-23H,2-3,6-7,9,13,15H2,1H3,(H,28,33)(H,29,34)/t17?,22?,23-/m1/s1. The molecule has 3 aliphatic rings. The summed E-state index contributed by atoms with van der Waals surface area (Å²) in [6.45, 7) is 6.82. The summed E-state index contributed by atoms with van der Waals surface area (Å²) >= 11 is 1.38. The molecule has 0 spiro atoms. The van der Waals surface area contributed by atoms with Gasteiger partial charge in [-0.1, -0.05) is 43.8 Å². The highest BCUT2D eigenvalue weighted by Gasteiger charge is 2.47. The quantitative estimate of drug-likeness (QED) is 0.601. The molecule has 2 N–H and O–H groups in total. The third kappa shape index (κ3) is 4.40. The number of thioether (sulfide) groups is 1. The summed E-state index contributed by atoms with van der Waals surface area (Å²) in [4.78, 5) is 46.6. The fourth-order valence-electron chi connectivity index (χ4n) is 5.13. The number of anilines is 2. The van der Waals surface area contributed by atoms with Crippen molar-refractivity contribution in [1.82, 2.24) is 20.5 Å². The van der Waals surface area contributed by atoms with Crippen molar-refractivity contribution in [2.75, 3.05) is 18.0 Å². The van der Waals surface area contributed by atoms with E-state index in [-0.39, 0.29) is 23.9 Å². The Morgan fingerprint density at radius 1 is 1.34 bits per heavy atom. The zero-order valence-electron chi connectivity index (χ0n) is 19.7. The van der Waals surface area contributed by atoms with Crippen molar-refractivity contribution < 1.29 is 14.4 Å². The van der Waals surface area contributed by atoms with E-state index >= 15 is 0 Å². The second-order valence-corrected chi connectivity index (χ2v) is 10.2. The summed E-state index contributed by atoms with van der Waals surface area (Å²) in [6.07, 6.45) is 6.59. The minimum absolute atomic E-state index is 0.122. The van der Waals surface area contributed by atoms with Crippen LogP contribution in [0.1, 0.15) is 43.4 Å². The number of rotatable bonds is 6. The van der Waals surface area contributed by atoms with Gasteiger partial charge in [0.15, 0.2) is 0 Å².